The molecule has 0 atom stereocenters. The molecule has 6 nitrogen and oxygen atoms in total. The molecule has 0 aliphatic rings. The molecule has 0 aliphatic carbocycles. The average Bonchev–Trinajstić information content (AvgIpc) is 2.91. The number of hydrazone groups is 1. The topological polar surface area (TPSA) is 78.8 Å². The Labute approximate surface area is 116 Å². The summed E-state index contributed by atoms with van der Waals surface area (Å²) in [5.74, 6) is 0.606. The van der Waals surface area contributed by atoms with Crippen molar-refractivity contribution in [3.63, 3.8) is 0 Å². The van der Waals surface area contributed by atoms with Gasteiger partial charge in [0.25, 0.3) is 0 Å². The Bertz CT molecular complexity index is 754. The molecule has 0 radical (unpaired) electrons. The minimum atomic E-state index is 0.606. The highest BCUT2D eigenvalue weighted by Gasteiger charge is 2.04. The van der Waals surface area contributed by atoms with Gasteiger partial charge in [-0.15, -0.1) is 0 Å². The lowest BCUT2D eigenvalue weighted by molar-refractivity contribution is 1.17. The standard InChI is InChI=1S/C14H14N6/c1-9-4-3-5-10(2)11(9)6-19-20-14-12-13(16-7-15-12)17-8-18-14/h3-8H,1-2H3,(H2,15,16,17,18,20)/b19-6+. The van der Waals surface area contributed by atoms with E-state index in [2.05, 4.69) is 56.4 Å². The Balaban J connectivity index is 1.86. The van der Waals surface area contributed by atoms with Crippen LogP contribution in [-0.2, 0) is 0 Å². The van der Waals surface area contributed by atoms with Crippen molar-refractivity contribution in [3.05, 3.63) is 47.5 Å². The summed E-state index contributed by atoms with van der Waals surface area (Å²) in [6.45, 7) is 4.12. The lowest BCUT2D eigenvalue weighted by Gasteiger charge is -2.04. The Morgan fingerprint density at radius 3 is 2.75 bits per heavy atom. The summed E-state index contributed by atoms with van der Waals surface area (Å²) in [5.41, 5.74) is 7.76. The van der Waals surface area contributed by atoms with Crippen LogP contribution in [-0.4, -0.2) is 26.2 Å². The number of nitrogens with zero attached hydrogens (tertiary/aromatic N) is 4. The number of aryl methyl sites for hydroxylation is 2. The number of hydrogen-bond donors (Lipinski definition) is 2. The zero-order chi connectivity index (χ0) is 13.9. The molecule has 0 bridgehead atoms. The van der Waals surface area contributed by atoms with E-state index in [4.69, 9.17) is 0 Å². The van der Waals surface area contributed by atoms with Crippen LogP contribution in [0.25, 0.3) is 11.2 Å². The number of aromatic amines is 1. The van der Waals surface area contributed by atoms with Crippen molar-refractivity contribution in [2.45, 2.75) is 13.8 Å². The fourth-order valence-corrected chi connectivity index (χ4v) is 2.04. The summed E-state index contributed by atoms with van der Waals surface area (Å²) in [5, 5.41) is 4.25. The number of H-pyrrole nitrogens is 1. The summed E-state index contributed by atoms with van der Waals surface area (Å²) in [7, 11) is 0. The molecule has 2 N–H and O–H groups in total. The Morgan fingerprint density at radius 2 is 1.95 bits per heavy atom. The van der Waals surface area contributed by atoms with Crippen LogP contribution >= 0.6 is 0 Å². The molecule has 3 rings (SSSR count). The van der Waals surface area contributed by atoms with E-state index in [1.807, 2.05) is 6.07 Å². The molecule has 0 amide bonds. The second-order valence-electron chi connectivity index (χ2n) is 4.50. The lowest BCUT2D eigenvalue weighted by atomic mass is 10.0. The normalized spacial score (nSPS) is 11.3. The van der Waals surface area contributed by atoms with Crippen LogP contribution in [0.4, 0.5) is 5.82 Å². The van der Waals surface area contributed by atoms with Crippen LogP contribution in [0.3, 0.4) is 0 Å². The van der Waals surface area contributed by atoms with E-state index in [0.29, 0.717) is 11.5 Å². The number of hydrogen-bond acceptors (Lipinski definition) is 5. The van der Waals surface area contributed by atoms with Gasteiger partial charge in [-0.3, -0.25) is 5.43 Å². The van der Waals surface area contributed by atoms with Gasteiger partial charge in [0.05, 0.1) is 12.5 Å². The van der Waals surface area contributed by atoms with E-state index in [0.717, 1.165) is 11.1 Å². The first-order valence-electron chi connectivity index (χ1n) is 6.25. The van der Waals surface area contributed by atoms with E-state index < -0.39 is 0 Å². The van der Waals surface area contributed by atoms with Crippen molar-refractivity contribution in [3.8, 4) is 0 Å². The molecule has 3 aromatic rings. The lowest BCUT2D eigenvalue weighted by Crippen LogP contribution is -1.98. The van der Waals surface area contributed by atoms with Crippen LogP contribution in [0.2, 0.25) is 0 Å². The number of benzene rings is 1. The van der Waals surface area contributed by atoms with Crippen molar-refractivity contribution >= 4 is 23.2 Å². The van der Waals surface area contributed by atoms with Crippen LogP contribution < -0.4 is 5.43 Å². The highest BCUT2D eigenvalue weighted by atomic mass is 15.3. The summed E-state index contributed by atoms with van der Waals surface area (Å²) >= 11 is 0. The first-order valence-corrected chi connectivity index (χ1v) is 6.25. The van der Waals surface area contributed by atoms with E-state index in [9.17, 15) is 0 Å². The third kappa shape index (κ3) is 2.23. The zero-order valence-electron chi connectivity index (χ0n) is 11.3. The molecule has 100 valence electrons. The second-order valence-corrected chi connectivity index (χ2v) is 4.50. The summed E-state index contributed by atoms with van der Waals surface area (Å²) < 4.78 is 0. The van der Waals surface area contributed by atoms with Gasteiger partial charge < -0.3 is 4.98 Å². The smallest absolute Gasteiger partial charge is 0.182 e. The summed E-state index contributed by atoms with van der Waals surface area (Å²) in [4.78, 5) is 15.3. The molecule has 2 aromatic heterocycles. The van der Waals surface area contributed by atoms with Crippen LogP contribution in [0.5, 0.6) is 0 Å². The Kier molecular flexibility index (Phi) is 3.12. The number of imidazole rings is 1. The van der Waals surface area contributed by atoms with Crippen LogP contribution in [0.15, 0.2) is 36.0 Å². The van der Waals surface area contributed by atoms with Gasteiger partial charge in [0.1, 0.15) is 11.8 Å². The molecule has 0 saturated carbocycles. The Morgan fingerprint density at radius 1 is 1.15 bits per heavy atom. The molecule has 20 heavy (non-hydrogen) atoms. The predicted octanol–water partition coefficient (Wildman–Crippen LogP) is 2.42. The van der Waals surface area contributed by atoms with E-state index in [-0.39, 0.29) is 0 Å². The molecule has 0 aliphatic heterocycles. The van der Waals surface area contributed by atoms with Gasteiger partial charge in [-0.25, -0.2) is 15.0 Å². The maximum Gasteiger partial charge on any atom is 0.182 e. The third-order valence-corrected chi connectivity index (χ3v) is 3.13. The molecule has 0 spiro atoms. The highest BCUT2D eigenvalue weighted by Crippen LogP contribution is 2.15. The fraction of sp³-hybridized carbons (Fsp3) is 0.143. The van der Waals surface area contributed by atoms with Crippen LogP contribution in [0.1, 0.15) is 16.7 Å². The highest BCUT2D eigenvalue weighted by molar-refractivity contribution is 5.86. The van der Waals surface area contributed by atoms with Crippen molar-refractivity contribution < 1.29 is 0 Å². The molecule has 0 unspecified atom stereocenters. The van der Waals surface area contributed by atoms with Crippen LogP contribution in [0, 0.1) is 13.8 Å². The molecule has 0 saturated heterocycles. The van der Waals surface area contributed by atoms with Gasteiger partial charge in [-0.2, -0.15) is 5.10 Å². The zero-order valence-corrected chi connectivity index (χ0v) is 11.3. The molecular formula is C14H14N6. The largest absolute Gasteiger partial charge is 0.340 e. The number of fused-ring (bicyclic) bond motifs is 1. The fourth-order valence-electron chi connectivity index (χ4n) is 2.04. The number of aromatic nitrogens is 4. The number of anilines is 1. The SMILES string of the molecule is Cc1cccc(C)c1/C=N/Nc1ncnc2nc[nH]c12. The molecule has 6 heteroatoms. The van der Waals surface area contributed by atoms with Crippen molar-refractivity contribution in [2.75, 3.05) is 5.43 Å². The third-order valence-electron chi connectivity index (χ3n) is 3.13. The van der Waals surface area contributed by atoms with Gasteiger partial charge in [-0.05, 0) is 25.0 Å². The average molecular weight is 266 g/mol. The van der Waals surface area contributed by atoms with Crippen molar-refractivity contribution in [2.24, 2.45) is 5.10 Å². The molecular weight excluding hydrogens is 252 g/mol. The first-order chi connectivity index (χ1) is 9.75. The van der Waals surface area contributed by atoms with Gasteiger partial charge >= 0.3 is 0 Å². The maximum atomic E-state index is 4.25. The van der Waals surface area contributed by atoms with Gasteiger partial charge in [0.2, 0.25) is 0 Å². The van der Waals surface area contributed by atoms with E-state index >= 15 is 0 Å². The number of rotatable bonds is 3. The second kappa shape index (κ2) is 5.08. The van der Waals surface area contributed by atoms with Gasteiger partial charge in [0, 0.05) is 5.56 Å². The number of nitrogens with one attached hydrogen (secondary N) is 2. The van der Waals surface area contributed by atoms with E-state index in [1.165, 1.54) is 17.5 Å². The summed E-state index contributed by atoms with van der Waals surface area (Å²) in [6, 6.07) is 6.16. The Hall–Kier alpha value is -2.76. The van der Waals surface area contributed by atoms with E-state index in [1.54, 1.807) is 12.5 Å². The minimum absolute atomic E-state index is 0.606. The molecule has 2 heterocycles. The summed E-state index contributed by atoms with van der Waals surface area (Å²) in [6.07, 6.45) is 4.84. The predicted molar refractivity (Wildman–Crippen MR) is 78.8 cm³/mol. The molecule has 1 aromatic carbocycles. The van der Waals surface area contributed by atoms with Gasteiger partial charge in [-0.1, -0.05) is 18.2 Å². The molecule has 0 fully saturated rings. The van der Waals surface area contributed by atoms with Crippen molar-refractivity contribution in [1.29, 1.82) is 0 Å². The quantitative estimate of drug-likeness (QED) is 0.563. The maximum absolute atomic E-state index is 4.25. The minimum Gasteiger partial charge on any atom is -0.340 e. The monoisotopic (exact) mass is 266 g/mol. The first kappa shape index (κ1) is 12.3. The van der Waals surface area contributed by atoms with Crippen molar-refractivity contribution in [1.82, 2.24) is 19.9 Å². The van der Waals surface area contributed by atoms with Gasteiger partial charge in [0.15, 0.2) is 11.5 Å².